The monoisotopic (exact) mass is 340 g/mol. The molecule has 0 saturated heterocycles. The highest BCUT2D eigenvalue weighted by Gasteiger charge is 2.12. The molecule has 0 fully saturated rings. The van der Waals surface area contributed by atoms with Crippen LogP contribution in [0.15, 0.2) is 53.3 Å². The van der Waals surface area contributed by atoms with Gasteiger partial charge in [-0.15, -0.1) is 11.3 Å². The van der Waals surface area contributed by atoms with E-state index < -0.39 is 0 Å². The van der Waals surface area contributed by atoms with E-state index in [9.17, 15) is 4.79 Å². The van der Waals surface area contributed by atoms with Gasteiger partial charge in [-0.2, -0.15) is 0 Å². The fourth-order valence-corrected chi connectivity index (χ4v) is 4.02. The largest absolute Gasteiger partial charge is 0.497 e. The Bertz CT molecular complexity index is 1140. The van der Waals surface area contributed by atoms with Gasteiger partial charge in [-0.1, -0.05) is 18.2 Å². The Balaban J connectivity index is 2.05. The van der Waals surface area contributed by atoms with Crippen LogP contribution >= 0.6 is 23.6 Å². The fourth-order valence-electron chi connectivity index (χ4n) is 2.64. The van der Waals surface area contributed by atoms with Gasteiger partial charge in [0.15, 0.2) is 4.77 Å². The molecule has 0 amide bonds. The summed E-state index contributed by atoms with van der Waals surface area (Å²) in [5.41, 5.74) is 1.43. The molecule has 0 atom stereocenters. The van der Waals surface area contributed by atoms with E-state index in [0.29, 0.717) is 9.47 Å². The third-order valence-electron chi connectivity index (χ3n) is 3.76. The standard InChI is InChI=1S/C17H12N2O2S2/c1-21-11-8-6-10(7-9-11)19-16(20)15-14(18-17(19)22)12-4-2-3-5-13(12)23-15/h2-9H,1H3,(H,18,22). The molecule has 0 radical (unpaired) electrons. The first kappa shape index (κ1) is 14.2. The molecule has 2 aromatic carbocycles. The lowest BCUT2D eigenvalue weighted by Gasteiger charge is -2.07. The van der Waals surface area contributed by atoms with Gasteiger partial charge in [0.1, 0.15) is 10.4 Å². The van der Waals surface area contributed by atoms with Crippen molar-refractivity contribution in [1.82, 2.24) is 9.55 Å². The molecule has 23 heavy (non-hydrogen) atoms. The molecule has 4 aromatic rings. The fraction of sp³-hybridized carbons (Fsp3) is 0.0588. The highest BCUT2D eigenvalue weighted by Crippen LogP contribution is 2.30. The lowest BCUT2D eigenvalue weighted by atomic mass is 10.2. The van der Waals surface area contributed by atoms with Crippen molar-refractivity contribution >= 4 is 43.9 Å². The topological polar surface area (TPSA) is 47.0 Å². The lowest BCUT2D eigenvalue weighted by molar-refractivity contribution is 0.414. The molecule has 4 nitrogen and oxygen atoms in total. The lowest BCUT2D eigenvalue weighted by Crippen LogP contribution is -2.19. The Morgan fingerprint density at radius 1 is 1.13 bits per heavy atom. The van der Waals surface area contributed by atoms with Gasteiger partial charge in [-0.25, -0.2) is 0 Å². The van der Waals surface area contributed by atoms with Gasteiger partial charge >= 0.3 is 0 Å². The number of H-pyrrole nitrogens is 1. The van der Waals surface area contributed by atoms with Gasteiger partial charge in [0.05, 0.1) is 18.3 Å². The first-order chi connectivity index (χ1) is 11.2. The number of methoxy groups -OCH3 is 1. The highest BCUT2D eigenvalue weighted by atomic mass is 32.1. The van der Waals surface area contributed by atoms with Gasteiger partial charge < -0.3 is 9.72 Å². The van der Waals surface area contributed by atoms with E-state index in [4.69, 9.17) is 17.0 Å². The van der Waals surface area contributed by atoms with Crippen LogP contribution in [0.2, 0.25) is 0 Å². The minimum absolute atomic E-state index is 0.102. The number of thiophene rings is 1. The zero-order valence-corrected chi connectivity index (χ0v) is 13.8. The maximum absolute atomic E-state index is 12.9. The minimum atomic E-state index is -0.102. The summed E-state index contributed by atoms with van der Waals surface area (Å²) < 4.78 is 8.81. The maximum atomic E-state index is 12.9. The van der Waals surface area contributed by atoms with E-state index in [1.807, 2.05) is 48.5 Å². The number of aromatic amines is 1. The molecule has 0 aliphatic carbocycles. The van der Waals surface area contributed by atoms with Gasteiger partial charge in [-0.05, 0) is 42.5 Å². The first-order valence-corrected chi connectivity index (χ1v) is 8.22. The molecule has 4 rings (SSSR count). The molecule has 2 heterocycles. The molecule has 6 heteroatoms. The Kier molecular flexibility index (Phi) is 3.28. The van der Waals surface area contributed by atoms with Crippen LogP contribution in [0, 0.1) is 4.77 Å². The zero-order chi connectivity index (χ0) is 16.0. The normalized spacial score (nSPS) is 11.2. The number of ether oxygens (including phenoxy) is 1. The number of nitrogens with one attached hydrogen (secondary N) is 1. The summed E-state index contributed by atoms with van der Waals surface area (Å²) in [5.74, 6) is 0.736. The van der Waals surface area contributed by atoms with Crippen molar-refractivity contribution in [1.29, 1.82) is 0 Å². The zero-order valence-electron chi connectivity index (χ0n) is 12.2. The van der Waals surface area contributed by atoms with Crippen molar-refractivity contribution in [3.05, 3.63) is 63.7 Å². The van der Waals surface area contributed by atoms with E-state index >= 15 is 0 Å². The van der Waals surface area contributed by atoms with Crippen LogP contribution < -0.4 is 10.3 Å². The van der Waals surface area contributed by atoms with E-state index in [-0.39, 0.29) is 5.56 Å². The average molecular weight is 340 g/mol. The predicted molar refractivity (Wildman–Crippen MR) is 96.7 cm³/mol. The number of hydrogen-bond acceptors (Lipinski definition) is 4. The van der Waals surface area contributed by atoms with E-state index in [2.05, 4.69) is 4.98 Å². The Morgan fingerprint density at radius 3 is 2.61 bits per heavy atom. The van der Waals surface area contributed by atoms with Gasteiger partial charge in [-0.3, -0.25) is 9.36 Å². The molecule has 2 aromatic heterocycles. The Morgan fingerprint density at radius 2 is 1.87 bits per heavy atom. The molecule has 0 spiro atoms. The highest BCUT2D eigenvalue weighted by molar-refractivity contribution is 7.71. The Hall–Kier alpha value is -2.44. The van der Waals surface area contributed by atoms with Crippen LogP contribution in [-0.4, -0.2) is 16.7 Å². The van der Waals surface area contributed by atoms with Crippen molar-refractivity contribution in [2.24, 2.45) is 0 Å². The van der Waals surface area contributed by atoms with Crippen LogP contribution in [0.4, 0.5) is 0 Å². The van der Waals surface area contributed by atoms with Crippen molar-refractivity contribution in [3.63, 3.8) is 0 Å². The summed E-state index contributed by atoms with van der Waals surface area (Å²) >= 11 is 6.90. The SMILES string of the molecule is COc1ccc(-n2c(=S)[nH]c3c(sc4ccccc43)c2=O)cc1. The molecule has 0 aliphatic rings. The second kappa shape index (κ2) is 5.33. The van der Waals surface area contributed by atoms with Crippen LogP contribution in [0.3, 0.4) is 0 Å². The van der Waals surface area contributed by atoms with E-state index in [1.165, 1.54) is 15.9 Å². The predicted octanol–water partition coefficient (Wildman–Crippen LogP) is 4.27. The summed E-state index contributed by atoms with van der Waals surface area (Å²) in [6.45, 7) is 0. The number of hydrogen-bond donors (Lipinski definition) is 1. The first-order valence-electron chi connectivity index (χ1n) is 7.00. The van der Waals surface area contributed by atoms with E-state index in [0.717, 1.165) is 27.0 Å². The third kappa shape index (κ3) is 2.18. The average Bonchev–Trinajstić information content (AvgIpc) is 2.95. The molecule has 114 valence electrons. The van der Waals surface area contributed by atoms with Crippen LogP contribution in [0.1, 0.15) is 0 Å². The smallest absolute Gasteiger partial charge is 0.276 e. The summed E-state index contributed by atoms with van der Waals surface area (Å²) in [7, 11) is 1.61. The number of aromatic nitrogens is 2. The molecule has 1 N–H and O–H groups in total. The molecule has 0 aliphatic heterocycles. The van der Waals surface area contributed by atoms with Crippen molar-refractivity contribution in [2.45, 2.75) is 0 Å². The van der Waals surface area contributed by atoms with Crippen LogP contribution in [0.25, 0.3) is 26.0 Å². The Labute approximate surface area is 140 Å². The van der Waals surface area contributed by atoms with Crippen LogP contribution in [-0.2, 0) is 0 Å². The summed E-state index contributed by atoms with van der Waals surface area (Å²) in [5, 5.41) is 1.03. The molecule has 0 bridgehead atoms. The molecular formula is C17H12N2O2S2. The molecular weight excluding hydrogens is 328 g/mol. The van der Waals surface area contributed by atoms with Gasteiger partial charge in [0, 0.05) is 10.1 Å². The number of fused-ring (bicyclic) bond motifs is 3. The van der Waals surface area contributed by atoms with Gasteiger partial charge in [0.2, 0.25) is 0 Å². The minimum Gasteiger partial charge on any atom is -0.497 e. The quantitative estimate of drug-likeness (QED) is 0.554. The summed E-state index contributed by atoms with van der Waals surface area (Å²) in [6.07, 6.45) is 0. The van der Waals surface area contributed by atoms with Gasteiger partial charge in [0.25, 0.3) is 5.56 Å². The van der Waals surface area contributed by atoms with Crippen molar-refractivity contribution < 1.29 is 4.74 Å². The second-order valence-electron chi connectivity index (χ2n) is 5.07. The third-order valence-corrected chi connectivity index (χ3v) is 5.20. The van der Waals surface area contributed by atoms with E-state index in [1.54, 1.807) is 7.11 Å². The number of nitrogens with zero attached hydrogens (tertiary/aromatic N) is 1. The van der Waals surface area contributed by atoms with Crippen LogP contribution in [0.5, 0.6) is 5.75 Å². The van der Waals surface area contributed by atoms with Crippen molar-refractivity contribution in [2.75, 3.05) is 7.11 Å². The maximum Gasteiger partial charge on any atom is 0.276 e. The number of benzene rings is 2. The number of rotatable bonds is 2. The summed E-state index contributed by atoms with van der Waals surface area (Å²) in [6, 6.07) is 15.2. The van der Waals surface area contributed by atoms with Crippen molar-refractivity contribution in [3.8, 4) is 11.4 Å². The summed E-state index contributed by atoms with van der Waals surface area (Å²) in [4.78, 5) is 16.1. The molecule has 0 unspecified atom stereocenters. The molecule has 0 saturated carbocycles. The second-order valence-corrected chi connectivity index (χ2v) is 6.51.